The molecule has 0 atom stereocenters. The second kappa shape index (κ2) is 4.55. The van der Waals surface area contributed by atoms with Crippen LogP contribution in [0, 0.1) is 6.92 Å². The Balaban J connectivity index is 2.50. The van der Waals surface area contributed by atoms with Crippen molar-refractivity contribution in [2.45, 2.75) is 19.8 Å². The van der Waals surface area contributed by atoms with Gasteiger partial charge in [-0.05, 0) is 18.9 Å². The molecule has 0 unspecified atom stereocenters. The van der Waals surface area contributed by atoms with Gasteiger partial charge in [0, 0.05) is 6.42 Å². The number of Topliss-reactive ketones (excluding diaryl/α,β-unsaturated/α-hetero) is 1. The van der Waals surface area contributed by atoms with Gasteiger partial charge in [0.25, 0.3) is 0 Å². The Hall–Kier alpha value is -1.44. The zero-order valence-electron chi connectivity index (χ0n) is 7.62. The van der Waals surface area contributed by atoms with E-state index < -0.39 is 0 Å². The van der Waals surface area contributed by atoms with Gasteiger partial charge in [-0.15, -0.1) is 0 Å². The number of benzene rings is 1. The summed E-state index contributed by atoms with van der Waals surface area (Å²) >= 11 is 0. The Bertz CT molecular complexity index is 298. The molecule has 2 heteroatoms. The number of hydrogen-bond acceptors (Lipinski definition) is 2. The highest BCUT2D eigenvalue weighted by molar-refractivity contribution is 6.24. The van der Waals surface area contributed by atoms with Crippen molar-refractivity contribution in [2.24, 2.45) is 0 Å². The molecule has 0 bridgehead atoms. The van der Waals surface area contributed by atoms with Crippen LogP contribution in [0.25, 0.3) is 0 Å². The van der Waals surface area contributed by atoms with Crippen molar-refractivity contribution >= 4 is 12.1 Å². The Morgan fingerprint density at radius 2 is 1.92 bits per heavy atom. The van der Waals surface area contributed by atoms with Crippen molar-refractivity contribution in [1.29, 1.82) is 0 Å². The highest BCUT2D eigenvalue weighted by Crippen LogP contribution is 2.05. The Labute approximate surface area is 77.6 Å². The molecule has 0 amide bonds. The smallest absolute Gasteiger partial charge is 0.195 e. The summed E-state index contributed by atoms with van der Waals surface area (Å²) in [6.07, 6.45) is 1.35. The highest BCUT2D eigenvalue weighted by atomic mass is 16.2. The fourth-order valence-electron chi connectivity index (χ4n) is 1.08. The van der Waals surface area contributed by atoms with Crippen molar-refractivity contribution in [3.8, 4) is 0 Å². The molecule has 0 radical (unpaired) electrons. The van der Waals surface area contributed by atoms with Crippen molar-refractivity contribution in [2.75, 3.05) is 0 Å². The molecule has 0 aliphatic heterocycles. The summed E-state index contributed by atoms with van der Waals surface area (Å²) in [7, 11) is 0. The standard InChI is InChI=1S/C11H12O2/c1-9-2-4-10(5-3-9)6-7-11(13)8-12/h2-5,8H,6-7H2,1H3. The molecule has 1 rings (SSSR count). The number of aldehydes is 1. The number of carbonyl (C=O) groups is 2. The summed E-state index contributed by atoms with van der Waals surface area (Å²) in [5, 5.41) is 0. The average molecular weight is 176 g/mol. The number of carbonyl (C=O) groups excluding carboxylic acids is 2. The zero-order chi connectivity index (χ0) is 9.68. The molecule has 13 heavy (non-hydrogen) atoms. The van der Waals surface area contributed by atoms with E-state index in [9.17, 15) is 9.59 Å². The van der Waals surface area contributed by atoms with Gasteiger partial charge in [0.15, 0.2) is 12.1 Å². The van der Waals surface area contributed by atoms with Gasteiger partial charge in [-0.25, -0.2) is 0 Å². The molecule has 0 saturated heterocycles. The molecule has 1 aromatic rings. The van der Waals surface area contributed by atoms with Gasteiger partial charge in [0.05, 0.1) is 0 Å². The summed E-state index contributed by atoms with van der Waals surface area (Å²) < 4.78 is 0. The molecule has 0 saturated carbocycles. The van der Waals surface area contributed by atoms with Gasteiger partial charge in [-0.3, -0.25) is 9.59 Å². The van der Waals surface area contributed by atoms with Crippen LogP contribution in [0.15, 0.2) is 24.3 Å². The minimum atomic E-state index is -0.333. The summed E-state index contributed by atoms with van der Waals surface area (Å²) in [5.41, 5.74) is 2.30. The molecule has 0 spiro atoms. The first-order valence-corrected chi connectivity index (χ1v) is 4.26. The maximum atomic E-state index is 10.7. The average Bonchev–Trinajstić information content (AvgIpc) is 2.16. The molecular weight excluding hydrogens is 164 g/mol. The summed E-state index contributed by atoms with van der Waals surface area (Å²) in [6.45, 7) is 2.01. The lowest BCUT2D eigenvalue weighted by Crippen LogP contribution is -2.00. The summed E-state index contributed by atoms with van der Waals surface area (Å²) in [4.78, 5) is 20.7. The fraction of sp³-hybridized carbons (Fsp3) is 0.273. The van der Waals surface area contributed by atoms with Crippen LogP contribution in [0.1, 0.15) is 17.5 Å². The maximum absolute atomic E-state index is 10.7. The molecule has 2 nitrogen and oxygen atoms in total. The lowest BCUT2D eigenvalue weighted by atomic mass is 10.1. The van der Waals surface area contributed by atoms with E-state index in [2.05, 4.69) is 0 Å². The van der Waals surface area contributed by atoms with Crippen molar-refractivity contribution in [1.82, 2.24) is 0 Å². The van der Waals surface area contributed by atoms with Crippen LogP contribution in [-0.4, -0.2) is 12.1 Å². The zero-order valence-corrected chi connectivity index (χ0v) is 7.62. The molecule has 1 aromatic carbocycles. The summed E-state index contributed by atoms with van der Waals surface area (Å²) in [6, 6.07) is 7.96. The Morgan fingerprint density at radius 3 is 2.46 bits per heavy atom. The van der Waals surface area contributed by atoms with Gasteiger partial charge in [-0.2, -0.15) is 0 Å². The topological polar surface area (TPSA) is 34.1 Å². The van der Waals surface area contributed by atoms with Crippen LogP contribution in [0.2, 0.25) is 0 Å². The van der Waals surface area contributed by atoms with Crippen LogP contribution in [0.5, 0.6) is 0 Å². The largest absolute Gasteiger partial charge is 0.295 e. The predicted octanol–water partition coefficient (Wildman–Crippen LogP) is 1.70. The van der Waals surface area contributed by atoms with Gasteiger partial charge in [-0.1, -0.05) is 29.8 Å². The van der Waals surface area contributed by atoms with Crippen molar-refractivity contribution in [3.05, 3.63) is 35.4 Å². The normalized spacial score (nSPS) is 9.62. The maximum Gasteiger partial charge on any atom is 0.195 e. The lowest BCUT2D eigenvalue weighted by Gasteiger charge is -1.98. The van der Waals surface area contributed by atoms with Gasteiger partial charge >= 0.3 is 0 Å². The minimum Gasteiger partial charge on any atom is -0.295 e. The number of rotatable bonds is 4. The molecule has 0 aromatic heterocycles. The van der Waals surface area contributed by atoms with E-state index in [4.69, 9.17) is 0 Å². The van der Waals surface area contributed by atoms with E-state index in [0.29, 0.717) is 19.1 Å². The Morgan fingerprint density at radius 1 is 1.31 bits per heavy atom. The SMILES string of the molecule is Cc1ccc(CCC(=O)C=O)cc1. The molecule has 0 aliphatic rings. The van der Waals surface area contributed by atoms with E-state index in [1.54, 1.807) is 0 Å². The van der Waals surface area contributed by atoms with Gasteiger partial charge in [0.2, 0.25) is 0 Å². The molecule has 0 fully saturated rings. The monoisotopic (exact) mass is 176 g/mol. The summed E-state index contributed by atoms with van der Waals surface area (Å²) in [5.74, 6) is -0.333. The third kappa shape index (κ3) is 3.20. The Kier molecular flexibility index (Phi) is 3.38. The molecule has 0 heterocycles. The van der Waals surface area contributed by atoms with E-state index >= 15 is 0 Å². The van der Waals surface area contributed by atoms with E-state index in [1.165, 1.54) is 5.56 Å². The van der Waals surface area contributed by atoms with Gasteiger partial charge < -0.3 is 0 Å². The van der Waals surface area contributed by atoms with E-state index in [0.717, 1.165) is 5.56 Å². The number of aryl methyl sites for hydroxylation is 2. The molecule has 68 valence electrons. The fourth-order valence-corrected chi connectivity index (χ4v) is 1.08. The van der Waals surface area contributed by atoms with Crippen LogP contribution in [0.4, 0.5) is 0 Å². The van der Waals surface area contributed by atoms with E-state index in [-0.39, 0.29) is 5.78 Å². The first kappa shape index (κ1) is 9.65. The van der Waals surface area contributed by atoms with Gasteiger partial charge in [0.1, 0.15) is 0 Å². The van der Waals surface area contributed by atoms with Crippen LogP contribution in [-0.2, 0) is 16.0 Å². The second-order valence-electron chi connectivity index (χ2n) is 3.07. The lowest BCUT2D eigenvalue weighted by molar-refractivity contribution is -0.129. The highest BCUT2D eigenvalue weighted by Gasteiger charge is 1.99. The van der Waals surface area contributed by atoms with Crippen LogP contribution < -0.4 is 0 Å². The molecule has 0 N–H and O–H groups in total. The minimum absolute atomic E-state index is 0.312. The number of hydrogen-bond donors (Lipinski definition) is 0. The molecule has 0 aliphatic carbocycles. The van der Waals surface area contributed by atoms with Crippen LogP contribution in [0.3, 0.4) is 0 Å². The number of ketones is 1. The third-order valence-electron chi connectivity index (χ3n) is 1.91. The quantitative estimate of drug-likeness (QED) is 0.517. The molecular formula is C11H12O2. The second-order valence-corrected chi connectivity index (χ2v) is 3.07. The van der Waals surface area contributed by atoms with Crippen molar-refractivity contribution in [3.63, 3.8) is 0 Å². The van der Waals surface area contributed by atoms with Crippen LogP contribution >= 0.6 is 0 Å². The van der Waals surface area contributed by atoms with E-state index in [1.807, 2.05) is 31.2 Å². The van der Waals surface area contributed by atoms with Crippen molar-refractivity contribution < 1.29 is 9.59 Å². The third-order valence-corrected chi connectivity index (χ3v) is 1.91. The predicted molar refractivity (Wildman–Crippen MR) is 50.6 cm³/mol. The first-order chi connectivity index (χ1) is 6.22. The first-order valence-electron chi connectivity index (χ1n) is 4.26.